The number of rotatable bonds is 8. The fraction of sp³-hybridized carbons (Fsp3) is 0.203. The van der Waals surface area contributed by atoms with E-state index in [1.807, 2.05) is 63.4 Å². The van der Waals surface area contributed by atoms with Crippen LogP contribution in [0.5, 0.6) is 0 Å². The molecule has 0 fully saturated rings. The Morgan fingerprint density at radius 2 is 1.38 bits per heavy atom. The van der Waals surface area contributed by atoms with Crippen LogP contribution in [0.1, 0.15) is 54.2 Å². The summed E-state index contributed by atoms with van der Waals surface area (Å²) in [6.45, 7) is 19.2. The van der Waals surface area contributed by atoms with Crippen LogP contribution < -0.4 is 5.19 Å². The van der Waals surface area contributed by atoms with Gasteiger partial charge in [0.2, 0.25) is 5.71 Å². The molecule has 4 heterocycles. The van der Waals surface area contributed by atoms with Gasteiger partial charge in [-0.2, -0.15) is 0 Å². The molecule has 7 heteroatoms. The molecule has 1 radical (unpaired) electrons. The zero-order valence-corrected chi connectivity index (χ0v) is 42.5. The summed E-state index contributed by atoms with van der Waals surface area (Å²) in [5.41, 5.74) is 14.4. The quantitative estimate of drug-likeness (QED) is 0.112. The SMILES string of the molecule is Cc1ccc2c(n1)oc1c(-c3nc4ccccc4n3-c3c(-c4ccccc4)cccc3-c3ccccc3)[c-]ccc12.[2H]C([2H])(c1cc(-c2[c-]ccc(C(C)(C)C)c2)ncc1[Si](C)(C)C)C(C)C.[Ir]. The minimum absolute atomic E-state index is 0. The van der Waals surface area contributed by atoms with Crippen LogP contribution in [0.2, 0.25) is 19.6 Å². The van der Waals surface area contributed by atoms with E-state index in [1.165, 1.54) is 5.56 Å². The van der Waals surface area contributed by atoms with Crippen LogP contribution in [0.25, 0.3) is 83.7 Å². The Labute approximate surface area is 407 Å². The van der Waals surface area contributed by atoms with E-state index in [1.54, 1.807) is 0 Å². The summed E-state index contributed by atoms with van der Waals surface area (Å²) in [6, 6.07) is 58.9. The number of hydrogen-bond acceptors (Lipinski definition) is 4. The summed E-state index contributed by atoms with van der Waals surface area (Å²) >= 11 is 0. The van der Waals surface area contributed by atoms with Crippen molar-refractivity contribution < 1.29 is 27.3 Å². The Morgan fingerprint density at radius 3 is 2.03 bits per heavy atom. The summed E-state index contributed by atoms with van der Waals surface area (Å²) < 4.78 is 26.1. The van der Waals surface area contributed by atoms with E-state index in [0.29, 0.717) is 5.71 Å². The minimum Gasteiger partial charge on any atom is -0.486 e. The molecule has 0 unspecified atom stereocenters. The number of aryl methyl sites for hydroxylation is 1. The van der Waals surface area contributed by atoms with Crippen LogP contribution in [0, 0.1) is 25.0 Å². The van der Waals surface area contributed by atoms with Crippen molar-refractivity contribution in [3.05, 3.63) is 187 Å². The Morgan fingerprint density at radius 1 is 0.727 bits per heavy atom. The van der Waals surface area contributed by atoms with Gasteiger partial charge in [0.1, 0.15) is 0 Å². The molecule has 0 bridgehead atoms. The number of furan rings is 1. The molecular formula is C59H56IrN4OSi-2. The zero-order chi connectivity index (χ0) is 47.3. The van der Waals surface area contributed by atoms with E-state index in [0.717, 1.165) is 94.4 Å². The van der Waals surface area contributed by atoms with Crippen molar-refractivity contribution in [2.75, 3.05) is 0 Å². The fourth-order valence-corrected chi connectivity index (χ4v) is 9.90. The van der Waals surface area contributed by atoms with Crippen molar-refractivity contribution in [2.45, 2.75) is 73.0 Å². The number of pyridine rings is 2. The molecule has 333 valence electrons. The van der Waals surface area contributed by atoms with E-state index >= 15 is 0 Å². The number of hydrogen-bond donors (Lipinski definition) is 0. The minimum atomic E-state index is -1.71. The maximum atomic E-state index is 8.69. The monoisotopic (exact) mass is 1060 g/mol. The topological polar surface area (TPSA) is 56.7 Å². The smallest absolute Gasteiger partial charge is 0.216 e. The maximum Gasteiger partial charge on any atom is 0.216 e. The van der Waals surface area contributed by atoms with Crippen molar-refractivity contribution >= 4 is 46.4 Å². The Bertz CT molecular complexity index is 3350. The molecule has 0 spiro atoms. The molecular weight excluding hydrogens is 1000 g/mol. The second-order valence-electron chi connectivity index (χ2n) is 19.1. The summed E-state index contributed by atoms with van der Waals surface area (Å²) in [6.07, 6.45) is 0.531. The van der Waals surface area contributed by atoms with Gasteiger partial charge in [-0.25, -0.2) is 4.98 Å². The van der Waals surface area contributed by atoms with Gasteiger partial charge in [0.05, 0.1) is 36.2 Å². The molecule has 0 saturated carbocycles. The van der Waals surface area contributed by atoms with E-state index in [2.05, 4.69) is 177 Å². The van der Waals surface area contributed by atoms with Crippen molar-refractivity contribution in [3.8, 4) is 50.6 Å². The van der Waals surface area contributed by atoms with Crippen LogP contribution in [0.3, 0.4) is 0 Å². The largest absolute Gasteiger partial charge is 0.486 e. The van der Waals surface area contributed by atoms with Crippen LogP contribution in [-0.4, -0.2) is 27.6 Å². The van der Waals surface area contributed by atoms with E-state index in [9.17, 15) is 0 Å². The third kappa shape index (κ3) is 9.39. The van der Waals surface area contributed by atoms with Gasteiger partial charge >= 0.3 is 0 Å². The molecule has 0 saturated heterocycles. The standard InChI is InChI=1S/C37H24N3O.C22H32NSi.Ir/c1-24-22-23-30-29-18-11-19-31(35(29)41-37(30)38-24)36-39-32-20-8-9-21-33(32)40(36)34-27(25-12-4-2-5-13-25)16-10-17-28(34)26-14-6-3-7-15-26;1-16(2)12-18-14-20(23-15-21(18)24(6,7)8)17-10-9-11-19(13-17)22(3,4)5;/h2-18,20-23H,1H3;9,11,13-16H,12H2,1-8H3;/q2*-1;/i;12D2;. The molecule has 4 aromatic heterocycles. The van der Waals surface area contributed by atoms with Gasteiger partial charge in [0, 0.05) is 51.3 Å². The average Bonchev–Trinajstić information content (AvgIpc) is 3.89. The summed E-state index contributed by atoms with van der Waals surface area (Å²) in [5.74, 6) is 0.672. The number of benzene rings is 6. The molecule has 5 nitrogen and oxygen atoms in total. The molecule has 0 aliphatic rings. The van der Waals surface area contributed by atoms with Gasteiger partial charge in [0.15, 0.2) is 0 Å². The average molecular weight is 1060 g/mol. The van der Waals surface area contributed by atoms with Crippen molar-refractivity contribution in [3.63, 3.8) is 0 Å². The third-order valence-electron chi connectivity index (χ3n) is 11.8. The van der Waals surface area contributed by atoms with Gasteiger partial charge in [-0.1, -0.05) is 168 Å². The van der Waals surface area contributed by atoms with Gasteiger partial charge in [-0.3, -0.25) is 4.98 Å². The number of para-hydroxylation sites is 3. The van der Waals surface area contributed by atoms with Gasteiger partial charge in [0.25, 0.3) is 0 Å². The van der Waals surface area contributed by atoms with Crippen LogP contribution in [0.4, 0.5) is 0 Å². The summed E-state index contributed by atoms with van der Waals surface area (Å²) in [4.78, 5) is 14.6. The molecule has 0 aliphatic heterocycles. The van der Waals surface area contributed by atoms with E-state index < -0.39 is 14.4 Å². The second kappa shape index (κ2) is 18.9. The molecule has 0 amide bonds. The van der Waals surface area contributed by atoms with Gasteiger partial charge in [-0.05, 0) is 70.9 Å². The second-order valence-corrected chi connectivity index (χ2v) is 24.1. The zero-order valence-electron chi connectivity index (χ0n) is 41.1. The normalized spacial score (nSPS) is 12.5. The van der Waals surface area contributed by atoms with E-state index in [-0.39, 0.29) is 31.4 Å². The molecule has 0 atom stereocenters. The predicted molar refractivity (Wildman–Crippen MR) is 275 cm³/mol. The van der Waals surface area contributed by atoms with Crippen molar-refractivity contribution in [1.82, 2.24) is 19.5 Å². The number of imidazole rings is 1. The van der Waals surface area contributed by atoms with Gasteiger partial charge < -0.3 is 14.0 Å². The Hall–Kier alpha value is -6.24. The van der Waals surface area contributed by atoms with Crippen LogP contribution in [0.15, 0.2) is 162 Å². The maximum absolute atomic E-state index is 8.69. The molecule has 0 N–H and O–H groups in total. The first-order chi connectivity index (χ1) is 32.0. The number of fused-ring (bicyclic) bond motifs is 4. The van der Waals surface area contributed by atoms with E-state index in [4.69, 9.17) is 17.1 Å². The first-order valence-corrected chi connectivity index (χ1v) is 26.0. The molecule has 10 rings (SSSR count). The molecule has 66 heavy (non-hydrogen) atoms. The first-order valence-electron chi connectivity index (χ1n) is 23.5. The fourth-order valence-electron chi connectivity index (χ4n) is 8.50. The third-order valence-corrected chi connectivity index (χ3v) is 13.8. The molecule has 0 aliphatic carbocycles. The first kappa shape index (κ1) is 43.6. The molecule has 6 aromatic carbocycles. The summed E-state index contributed by atoms with van der Waals surface area (Å²) in [7, 11) is -1.71. The Kier molecular flexibility index (Phi) is 12.5. The van der Waals surface area contributed by atoms with Crippen molar-refractivity contribution in [1.29, 1.82) is 0 Å². The predicted octanol–water partition coefficient (Wildman–Crippen LogP) is 15.0. The number of aromatic nitrogens is 4. The number of nitrogens with zero attached hydrogens (tertiary/aromatic N) is 4. The van der Waals surface area contributed by atoms with Crippen LogP contribution >= 0.6 is 0 Å². The summed E-state index contributed by atoms with van der Waals surface area (Å²) in [5, 5.41) is 3.09. The van der Waals surface area contributed by atoms with Crippen LogP contribution in [-0.2, 0) is 31.9 Å². The Balaban J connectivity index is 0.000000202. The molecule has 10 aromatic rings. The van der Waals surface area contributed by atoms with Gasteiger partial charge in [-0.15, -0.1) is 53.6 Å². The van der Waals surface area contributed by atoms with Crippen molar-refractivity contribution in [2.24, 2.45) is 5.92 Å².